The van der Waals surface area contributed by atoms with Crippen LogP contribution in [0.3, 0.4) is 0 Å². The summed E-state index contributed by atoms with van der Waals surface area (Å²) < 4.78 is 91.1. The lowest BCUT2D eigenvalue weighted by atomic mass is 10.1. The van der Waals surface area contributed by atoms with E-state index in [1.807, 2.05) is 0 Å². The van der Waals surface area contributed by atoms with Crippen LogP contribution < -0.4 is 20.6 Å². The first kappa shape index (κ1) is 26.7. The van der Waals surface area contributed by atoms with Crippen LogP contribution in [0.4, 0.5) is 26.3 Å². The Bertz CT molecular complexity index is 1190. The van der Waals surface area contributed by atoms with Gasteiger partial charge in [-0.3, -0.25) is 0 Å². The molecular weight excluding hydrogens is 516 g/mol. The Morgan fingerprint density at radius 3 is 1.24 bits per heavy atom. The number of rotatable bonds is 7. The van der Waals surface area contributed by atoms with Crippen LogP contribution in [0.2, 0.25) is 0 Å². The molecule has 37 heavy (non-hydrogen) atoms. The molecule has 0 aromatic heterocycles. The molecular formula is C26H19BF6O3P+. The molecule has 0 saturated carbocycles. The summed E-state index contributed by atoms with van der Waals surface area (Å²) in [5.74, 6) is -0.845. The van der Waals surface area contributed by atoms with Crippen LogP contribution in [-0.4, -0.2) is 12.3 Å². The van der Waals surface area contributed by atoms with Gasteiger partial charge in [-0.2, -0.15) is 30.8 Å². The predicted octanol–water partition coefficient (Wildman–Crippen LogP) is 6.01. The monoisotopic (exact) mass is 535 g/mol. The number of benzene rings is 4. The zero-order valence-electron chi connectivity index (χ0n) is 18.9. The molecule has 0 bridgehead atoms. The van der Waals surface area contributed by atoms with E-state index in [-0.39, 0.29) is 6.07 Å². The summed E-state index contributed by atoms with van der Waals surface area (Å²) in [4.78, 5) is 0. The van der Waals surface area contributed by atoms with E-state index >= 15 is 0 Å². The average Bonchev–Trinajstić information content (AvgIpc) is 2.87. The van der Waals surface area contributed by atoms with Crippen LogP contribution in [0, 0.1) is 0 Å². The highest BCUT2D eigenvalue weighted by Gasteiger charge is 2.52. The van der Waals surface area contributed by atoms with Crippen molar-refractivity contribution in [2.24, 2.45) is 0 Å². The first-order valence-electron chi connectivity index (χ1n) is 10.9. The molecule has 0 saturated heterocycles. The van der Waals surface area contributed by atoms with Crippen molar-refractivity contribution in [2.45, 2.75) is 12.4 Å². The van der Waals surface area contributed by atoms with Crippen molar-refractivity contribution < 1.29 is 40.5 Å². The number of halogens is 6. The molecule has 0 atom stereocenters. The van der Waals surface area contributed by atoms with E-state index in [1.165, 1.54) is 0 Å². The lowest BCUT2D eigenvalue weighted by molar-refractivity contribution is -0.143. The molecule has 0 radical (unpaired) electrons. The second-order valence-electron chi connectivity index (χ2n) is 7.89. The zero-order chi connectivity index (χ0) is 26.7. The Morgan fingerprint density at radius 2 is 0.919 bits per heavy atom. The van der Waals surface area contributed by atoms with Crippen molar-refractivity contribution in [3.63, 3.8) is 0 Å². The first-order chi connectivity index (χ1) is 17.5. The van der Waals surface area contributed by atoms with Gasteiger partial charge in [-0.1, -0.05) is 54.6 Å². The van der Waals surface area contributed by atoms with Crippen molar-refractivity contribution in [3.05, 3.63) is 120 Å². The molecule has 4 rings (SSSR count). The molecule has 1 N–H and O–H groups in total. The van der Waals surface area contributed by atoms with E-state index in [4.69, 9.17) is 9.10 Å². The molecule has 3 nitrogen and oxygen atoms in total. The maximum atomic E-state index is 13.3. The van der Waals surface area contributed by atoms with Crippen molar-refractivity contribution >= 4 is 30.7 Å². The van der Waals surface area contributed by atoms with Crippen LogP contribution in [0.5, 0.6) is 5.75 Å². The highest BCUT2D eigenvalue weighted by atomic mass is 31.2. The van der Waals surface area contributed by atoms with Crippen LogP contribution in [0.25, 0.3) is 0 Å². The molecule has 0 amide bonds. The van der Waals surface area contributed by atoms with Crippen molar-refractivity contribution in [1.29, 1.82) is 0 Å². The molecule has 4 aromatic carbocycles. The SMILES string of the molecule is OB(Oc1cc(C(F)(F)F)cc(C(F)(F)F)c1)O[P+](c1ccccc1)(c1ccccc1)c1ccccc1. The number of alkyl halides is 6. The Kier molecular flexibility index (Phi) is 7.64. The minimum absolute atomic E-state index is 0.0186. The fourth-order valence-electron chi connectivity index (χ4n) is 3.81. The van der Waals surface area contributed by atoms with Crippen molar-refractivity contribution in [3.8, 4) is 5.75 Å². The molecule has 0 aliphatic rings. The Labute approximate surface area is 209 Å². The van der Waals surface area contributed by atoms with E-state index < -0.39 is 44.0 Å². The standard InChI is InChI=1S/C26H19BF6O3P/c28-25(29,30)19-16-20(26(31,32)33)18-21(17-19)35-27(34)36-37(22-10-4-1-5-11-22,23-12-6-2-7-13-23)24-14-8-3-9-15-24/h1-18,34H/q+1. The van der Waals surface area contributed by atoms with Gasteiger partial charge < -0.3 is 9.68 Å². The minimum atomic E-state index is -5.07. The van der Waals surface area contributed by atoms with E-state index in [1.54, 1.807) is 91.0 Å². The Hall–Kier alpha value is -3.33. The predicted molar refractivity (Wildman–Crippen MR) is 131 cm³/mol. The number of hydrogen-bond acceptors (Lipinski definition) is 3. The van der Waals surface area contributed by atoms with E-state index in [9.17, 15) is 31.4 Å². The van der Waals surface area contributed by atoms with Gasteiger partial charge in [0.1, 0.15) is 21.7 Å². The third-order valence-corrected chi connectivity index (χ3v) is 8.98. The summed E-state index contributed by atoms with van der Waals surface area (Å²) in [6.07, 6.45) is -10.1. The van der Waals surface area contributed by atoms with Crippen molar-refractivity contribution in [2.75, 3.05) is 0 Å². The summed E-state index contributed by atoms with van der Waals surface area (Å²) in [5.41, 5.74) is -3.14. The second kappa shape index (κ2) is 10.6. The van der Waals surface area contributed by atoms with Gasteiger partial charge in [0.15, 0.2) is 0 Å². The third kappa shape index (κ3) is 5.98. The second-order valence-corrected chi connectivity index (χ2v) is 10.9. The highest BCUT2D eigenvalue weighted by Crippen LogP contribution is 2.56. The fourth-order valence-corrected chi connectivity index (χ4v) is 7.16. The normalized spacial score (nSPS) is 12.3. The van der Waals surface area contributed by atoms with Gasteiger partial charge in [0, 0.05) is 0 Å². The van der Waals surface area contributed by atoms with E-state index in [0.29, 0.717) is 28.0 Å². The van der Waals surface area contributed by atoms with Crippen LogP contribution in [-0.2, 0) is 16.8 Å². The quantitative estimate of drug-likeness (QED) is 0.179. The van der Waals surface area contributed by atoms with Gasteiger partial charge >= 0.3 is 19.7 Å². The molecule has 190 valence electrons. The smallest absolute Gasteiger partial charge is 0.510 e. The molecule has 0 aliphatic carbocycles. The van der Waals surface area contributed by atoms with Gasteiger partial charge in [-0.15, -0.1) is 0 Å². The Morgan fingerprint density at radius 1 is 0.568 bits per heavy atom. The molecule has 0 heterocycles. The summed E-state index contributed by atoms with van der Waals surface area (Å²) in [6, 6.07) is 27.3. The Balaban J connectivity index is 1.81. The average molecular weight is 535 g/mol. The van der Waals surface area contributed by atoms with Gasteiger partial charge in [-0.05, 0) is 54.6 Å². The molecule has 4 aromatic rings. The largest absolute Gasteiger partial charge is 0.748 e. The molecule has 0 unspecified atom stereocenters. The van der Waals surface area contributed by atoms with E-state index in [2.05, 4.69) is 0 Å². The van der Waals surface area contributed by atoms with Gasteiger partial charge in [0.2, 0.25) is 7.49 Å². The highest BCUT2D eigenvalue weighted by molar-refractivity contribution is 7.92. The molecule has 0 fully saturated rings. The van der Waals surface area contributed by atoms with Crippen LogP contribution in [0.1, 0.15) is 11.1 Å². The molecule has 0 aliphatic heterocycles. The first-order valence-corrected chi connectivity index (χ1v) is 12.6. The third-order valence-electron chi connectivity index (χ3n) is 5.41. The summed E-state index contributed by atoms with van der Waals surface area (Å²) in [5, 5.41) is 12.8. The summed E-state index contributed by atoms with van der Waals surface area (Å²) >= 11 is 0. The van der Waals surface area contributed by atoms with Gasteiger partial charge in [-0.25, -0.2) is 0 Å². The summed E-state index contributed by atoms with van der Waals surface area (Å²) in [7, 11) is -5.36. The van der Waals surface area contributed by atoms with Crippen molar-refractivity contribution in [1.82, 2.24) is 0 Å². The van der Waals surface area contributed by atoms with Crippen LogP contribution in [0.15, 0.2) is 109 Å². The topological polar surface area (TPSA) is 38.7 Å². The van der Waals surface area contributed by atoms with E-state index in [0.717, 1.165) is 0 Å². The summed E-state index contributed by atoms with van der Waals surface area (Å²) in [6.45, 7) is 0. The van der Waals surface area contributed by atoms with Crippen LogP contribution >= 0.6 is 7.49 Å². The molecule has 11 heteroatoms. The minimum Gasteiger partial charge on any atom is -0.510 e. The maximum Gasteiger partial charge on any atom is 0.748 e. The zero-order valence-corrected chi connectivity index (χ0v) is 19.8. The lowest BCUT2D eigenvalue weighted by Crippen LogP contribution is -2.39. The fraction of sp³-hybridized carbons (Fsp3) is 0.0769. The maximum absolute atomic E-state index is 13.3. The van der Waals surface area contributed by atoms with Gasteiger partial charge in [0.05, 0.1) is 11.1 Å². The molecule has 0 spiro atoms. The van der Waals surface area contributed by atoms with Gasteiger partial charge in [0.25, 0.3) is 0 Å². The number of hydrogen-bond donors (Lipinski definition) is 1. The lowest BCUT2D eigenvalue weighted by Gasteiger charge is -2.26.